The van der Waals surface area contributed by atoms with Crippen molar-refractivity contribution in [2.75, 3.05) is 19.6 Å². The summed E-state index contributed by atoms with van der Waals surface area (Å²) in [4.78, 5) is 31.6. The van der Waals surface area contributed by atoms with E-state index in [1.165, 1.54) is 10.5 Å². The summed E-state index contributed by atoms with van der Waals surface area (Å²) in [5.74, 6) is -0.115. The lowest BCUT2D eigenvalue weighted by molar-refractivity contribution is 0.0950. The normalized spacial score (nSPS) is 14.8. The molecule has 0 spiro atoms. The summed E-state index contributed by atoms with van der Waals surface area (Å²) in [6.45, 7) is 13.8. The Morgan fingerprint density at radius 1 is 1.20 bits per heavy atom. The fourth-order valence-electron chi connectivity index (χ4n) is 4.32. The van der Waals surface area contributed by atoms with Crippen molar-refractivity contribution in [3.8, 4) is 0 Å². The fraction of sp³-hybridized carbons (Fsp3) is 0.500. The number of rotatable bonds is 6. The molecule has 162 valence electrons. The predicted octanol–water partition coefficient (Wildman–Crippen LogP) is 4.57. The Morgan fingerprint density at radius 3 is 2.50 bits per heavy atom. The van der Waals surface area contributed by atoms with Crippen LogP contribution in [0.3, 0.4) is 0 Å². The molecule has 2 N–H and O–H groups in total. The monoisotopic (exact) mass is 427 g/mol. The summed E-state index contributed by atoms with van der Waals surface area (Å²) < 4.78 is 0. The average Bonchev–Trinajstić information content (AvgIpc) is 3.09. The number of pyridine rings is 1. The first-order chi connectivity index (χ1) is 14.3. The molecule has 1 fully saturated rings. The number of nitrogens with zero attached hydrogens (tertiary/aromatic N) is 1. The number of aromatic nitrogens is 1. The van der Waals surface area contributed by atoms with Crippen LogP contribution in [0, 0.1) is 20.8 Å². The highest BCUT2D eigenvalue weighted by molar-refractivity contribution is 7.11. The molecule has 0 saturated carbocycles. The van der Waals surface area contributed by atoms with Crippen LogP contribution in [0.25, 0.3) is 5.57 Å². The van der Waals surface area contributed by atoms with Gasteiger partial charge in [-0.1, -0.05) is 19.4 Å². The van der Waals surface area contributed by atoms with Crippen molar-refractivity contribution < 1.29 is 4.79 Å². The van der Waals surface area contributed by atoms with Gasteiger partial charge in [-0.15, -0.1) is 11.3 Å². The van der Waals surface area contributed by atoms with Gasteiger partial charge in [0.05, 0.1) is 5.56 Å². The third-order valence-corrected chi connectivity index (χ3v) is 7.31. The van der Waals surface area contributed by atoms with Crippen LogP contribution in [0.2, 0.25) is 0 Å². The van der Waals surface area contributed by atoms with E-state index in [1.807, 2.05) is 32.2 Å². The fourth-order valence-corrected chi connectivity index (χ4v) is 5.55. The number of piperidine rings is 1. The lowest BCUT2D eigenvalue weighted by atomic mass is 9.93. The number of allylic oxidation sites excluding steroid dienone is 1. The van der Waals surface area contributed by atoms with Crippen LogP contribution in [-0.2, 0) is 6.54 Å². The summed E-state index contributed by atoms with van der Waals surface area (Å²) in [5, 5.41) is 4.91. The van der Waals surface area contributed by atoms with E-state index in [4.69, 9.17) is 0 Å². The van der Waals surface area contributed by atoms with Crippen molar-refractivity contribution >= 4 is 22.8 Å². The minimum absolute atomic E-state index is 0.115. The molecule has 2 aromatic heterocycles. The molecule has 0 radical (unpaired) electrons. The maximum Gasteiger partial charge on any atom is 0.253 e. The molecule has 1 amide bonds. The molecule has 0 bridgehead atoms. The van der Waals surface area contributed by atoms with Gasteiger partial charge in [0.2, 0.25) is 0 Å². The maximum atomic E-state index is 12.9. The first-order valence-electron chi connectivity index (χ1n) is 10.8. The van der Waals surface area contributed by atoms with Crippen LogP contribution >= 0.6 is 11.3 Å². The smallest absolute Gasteiger partial charge is 0.253 e. The number of hydrogen-bond donors (Lipinski definition) is 2. The zero-order chi connectivity index (χ0) is 21.8. The van der Waals surface area contributed by atoms with Gasteiger partial charge in [0.1, 0.15) is 0 Å². The maximum absolute atomic E-state index is 12.9. The van der Waals surface area contributed by atoms with Gasteiger partial charge >= 0.3 is 0 Å². The minimum Gasteiger partial charge on any atom is -0.348 e. The van der Waals surface area contributed by atoms with Crippen LogP contribution in [0.5, 0.6) is 0 Å². The van der Waals surface area contributed by atoms with Gasteiger partial charge in [-0.05, 0) is 69.3 Å². The predicted molar refractivity (Wildman–Crippen MR) is 125 cm³/mol. The standard InChI is InChI=1S/C24H33N3O2S/c1-6-19(18-8-10-27(7-2)11-9-18)22-17(5)21(14-30-22)23(28)25-13-20-15(3)12-16(4)26-24(20)29/h12,14H,6-11,13H2,1-5H3,(H,25,28)(H,26,29). The van der Waals surface area contributed by atoms with E-state index >= 15 is 0 Å². The molecule has 0 atom stereocenters. The van der Waals surface area contributed by atoms with Crippen molar-refractivity contribution in [3.05, 3.63) is 60.2 Å². The summed E-state index contributed by atoms with van der Waals surface area (Å²) >= 11 is 1.67. The van der Waals surface area contributed by atoms with Gasteiger partial charge in [-0.3, -0.25) is 9.59 Å². The zero-order valence-corrected chi connectivity index (χ0v) is 19.6. The summed E-state index contributed by atoms with van der Waals surface area (Å²) in [7, 11) is 0. The van der Waals surface area contributed by atoms with Crippen molar-refractivity contribution in [3.63, 3.8) is 0 Å². The van der Waals surface area contributed by atoms with Crippen molar-refractivity contribution in [2.45, 2.75) is 60.4 Å². The van der Waals surface area contributed by atoms with Crippen LogP contribution in [0.4, 0.5) is 0 Å². The average molecular weight is 428 g/mol. The summed E-state index contributed by atoms with van der Waals surface area (Å²) in [6.07, 6.45) is 3.22. The quantitative estimate of drug-likeness (QED) is 0.710. The SMILES string of the molecule is CCC(=C1CCN(CC)CC1)c1scc(C(=O)NCc2c(C)cc(C)[nH]c2=O)c1C. The molecule has 1 aliphatic rings. The number of thiophene rings is 1. The highest BCUT2D eigenvalue weighted by Gasteiger charge is 2.21. The molecule has 1 aliphatic heterocycles. The molecule has 0 unspecified atom stereocenters. The Hall–Kier alpha value is -2.18. The van der Waals surface area contributed by atoms with Crippen molar-refractivity contribution in [1.29, 1.82) is 0 Å². The Morgan fingerprint density at radius 2 is 1.90 bits per heavy atom. The van der Waals surface area contributed by atoms with Gasteiger partial charge in [-0.25, -0.2) is 0 Å². The van der Waals surface area contributed by atoms with Crippen LogP contribution < -0.4 is 10.9 Å². The van der Waals surface area contributed by atoms with Crippen molar-refractivity contribution in [1.82, 2.24) is 15.2 Å². The van der Waals surface area contributed by atoms with Gasteiger partial charge in [0, 0.05) is 41.1 Å². The number of hydrogen-bond acceptors (Lipinski definition) is 4. The molecular weight excluding hydrogens is 394 g/mol. The number of aryl methyl sites for hydroxylation is 2. The molecular formula is C24H33N3O2S. The Bertz CT molecular complexity index is 1010. The third-order valence-electron chi connectivity index (χ3n) is 6.16. The third kappa shape index (κ3) is 4.76. The number of amides is 1. The number of carbonyl (C=O) groups is 1. The highest BCUT2D eigenvalue weighted by Crippen LogP contribution is 2.35. The number of likely N-dealkylation sites (tertiary alicyclic amines) is 1. The Kier molecular flexibility index (Phi) is 7.32. The molecule has 6 heteroatoms. The highest BCUT2D eigenvalue weighted by atomic mass is 32.1. The molecule has 0 aromatic carbocycles. The van der Waals surface area contributed by atoms with E-state index in [0.717, 1.165) is 55.7 Å². The topological polar surface area (TPSA) is 65.2 Å². The number of carbonyl (C=O) groups excluding carboxylic acids is 1. The molecule has 0 aliphatic carbocycles. The minimum atomic E-state index is -0.132. The van der Waals surface area contributed by atoms with E-state index in [1.54, 1.807) is 16.9 Å². The molecule has 1 saturated heterocycles. The number of nitrogens with one attached hydrogen (secondary N) is 2. The number of aromatic amines is 1. The second-order valence-corrected chi connectivity index (χ2v) is 8.98. The van der Waals surface area contributed by atoms with E-state index < -0.39 is 0 Å². The largest absolute Gasteiger partial charge is 0.348 e. The van der Waals surface area contributed by atoms with E-state index in [2.05, 4.69) is 29.0 Å². The second-order valence-electron chi connectivity index (χ2n) is 8.10. The lowest BCUT2D eigenvalue weighted by Gasteiger charge is -2.28. The first-order valence-corrected chi connectivity index (χ1v) is 11.7. The first kappa shape index (κ1) is 22.5. The van der Waals surface area contributed by atoms with E-state index in [-0.39, 0.29) is 18.0 Å². The van der Waals surface area contributed by atoms with Crippen LogP contribution in [0.15, 0.2) is 21.8 Å². The molecule has 3 rings (SSSR count). The lowest BCUT2D eigenvalue weighted by Crippen LogP contribution is -2.30. The molecule has 5 nitrogen and oxygen atoms in total. The van der Waals surface area contributed by atoms with E-state index in [9.17, 15) is 9.59 Å². The number of H-pyrrole nitrogens is 1. The van der Waals surface area contributed by atoms with Crippen molar-refractivity contribution in [2.24, 2.45) is 0 Å². The second kappa shape index (κ2) is 9.75. The Balaban J connectivity index is 1.77. The molecule has 2 aromatic rings. The van der Waals surface area contributed by atoms with Gasteiger partial charge in [0.15, 0.2) is 0 Å². The van der Waals surface area contributed by atoms with Gasteiger partial charge in [0.25, 0.3) is 11.5 Å². The van der Waals surface area contributed by atoms with Gasteiger partial charge in [-0.2, -0.15) is 0 Å². The Labute approximate surface area is 183 Å². The van der Waals surface area contributed by atoms with Gasteiger partial charge < -0.3 is 15.2 Å². The molecule has 30 heavy (non-hydrogen) atoms. The van der Waals surface area contributed by atoms with Crippen LogP contribution in [0.1, 0.15) is 70.7 Å². The summed E-state index contributed by atoms with van der Waals surface area (Å²) in [6, 6.07) is 1.93. The van der Waals surface area contributed by atoms with E-state index in [0.29, 0.717) is 11.1 Å². The molecule has 3 heterocycles. The zero-order valence-electron chi connectivity index (χ0n) is 18.8. The summed E-state index contributed by atoms with van der Waals surface area (Å²) in [5.41, 5.74) is 6.93. The van der Waals surface area contributed by atoms with Crippen LogP contribution in [-0.4, -0.2) is 35.4 Å².